The molecule has 7 rings (SSSR count). The van der Waals surface area contributed by atoms with Crippen molar-refractivity contribution in [2.75, 3.05) is 38.1 Å². The summed E-state index contributed by atoms with van der Waals surface area (Å²) in [4.78, 5) is 45.6. The minimum absolute atomic E-state index is 0.00661. The molecule has 0 bridgehead atoms. The standard InChI is InChI=1S/C33H27ClFN7O4S/c34-20-2-5-23-25(13-20)40-32(39-23)33(45)38-21-3-6-27(22(35)14-21)46-28-7-8-36-26-15-29(47-31(26)28)24-4-1-19(16-37-24)17-41-9-11-42(12-10-41)30(44)18-43/h1-8,13-16,43H,9-12,17-18H2,(H,38,45)(H,39,40). The van der Waals surface area contributed by atoms with E-state index in [9.17, 15) is 9.59 Å². The Balaban J connectivity index is 1.02. The van der Waals surface area contributed by atoms with E-state index < -0.39 is 18.3 Å². The van der Waals surface area contributed by atoms with Gasteiger partial charge in [0.25, 0.3) is 5.91 Å². The summed E-state index contributed by atoms with van der Waals surface area (Å²) >= 11 is 7.46. The van der Waals surface area contributed by atoms with Gasteiger partial charge in [-0.15, -0.1) is 11.3 Å². The molecule has 1 fully saturated rings. The van der Waals surface area contributed by atoms with Crippen molar-refractivity contribution in [3.8, 4) is 22.1 Å². The van der Waals surface area contributed by atoms with Crippen LogP contribution in [-0.2, 0) is 11.3 Å². The van der Waals surface area contributed by atoms with Crippen molar-refractivity contribution >= 4 is 61.7 Å². The molecule has 0 spiro atoms. The number of nitrogens with zero attached hydrogens (tertiary/aromatic N) is 5. The van der Waals surface area contributed by atoms with Gasteiger partial charge in [0, 0.05) is 68.0 Å². The van der Waals surface area contributed by atoms with Crippen molar-refractivity contribution in [2.24, 2.45) is 0 Å². The molecule has 0 atom stereocenters. The number of rotatable bonds is 8. The van der Waals surface area contributed by atoms with Crippen molar-refractivity contribution in [1.82, 2.24) is 29.7 Å². The first-order chi connectivity index (χ1) is 22.8. The lowest BCUT2D eigenvalue weighted by molar-refractivity contribution is -0.136. The average molecular weight is 672 g/mol. The Morgan fingerprint density at radius 1 is 1.00 bits per heavy atom. The number of carbonyl (C=O) groups is 2. The van der Waals surface area contributed by atoms with E-state index in [4.69, 9.17) is 21.4 Å². The molecule has 238 valence electrons. The molecule has 47 heavy (non-hydrogen) atoms. The fourth-order valence-electron chi connectivity index (χ4n) is 5.36. The molecule has 4 aromatic heterocycles. The van der Waals surface area contributed by atoms with Crippen LogP contribution in [0.5, 0.6) is 11.5 Å². The molecule has 1 saturated heterocycles. The number of aliphatic hydroxyl groups is 1. The number of anilines is 1. The molecule has 2 amide bonds. The number of carbonyl (C=O) groups excluding carboxylic acids is 2. The molecule has 3 N–H and O–H groups in total. The lowest BCUT2D eigenvalue weighted by Gasteiger charge is -2.34. The molecular weight excluding hydrogens is 645 g/mol. The predicted molar refractivity (Wildman–Crippen MR) is 177 cm³/mol. The van der Waals surface area contributed by atoms with E-state index in [-0.39, 0.29) is 23.2 Å². The summed E-state index contributed by atoms with van der Waals surface area (Å²) < 4.78 is 21.9. The molecule has 0 saturated carbocycles. The van der Waals surface area contributed by atoms with Gasteiger partial charge in [-0.1, -0.05) is 17.7 Å². The van der Waals surface area contributed by atoms with Gasteiger partial charge in [-0.25, -0.2) is 9.37 Å². The largest absolute Gasteiger partial charge is 0.453 e. The topological polar surface area (TPSA) is 137 Å². The highest BCUT2D eigenvalue weighted by Gasteiger charge is 2.21. The van der Waals surface area contributed by atoms with Gasteiger partial charge in [0.05, 0.1) is 31.8 Å². The molecule has 14 heteroatoms. The molecule has 1 aliphatic rings. The second kappa shape index (κ2) is 13.0. The number of piperazine rings is 1. The van der Waals surface area contributed by atoms with Gasteiger partial charge in [0.15, 0.2) is 17.4 Å². The van der Waals surface area contributed by atoms with E-state index >= 15 is 4.39 Å². The van der Waals surface area contributed by atoms with Crippen LogP contribution in [0.4, 0.5) is 10.1 Å². The van der Waals surface area contributed by atoms with Gasteiger partial charge in [-0.2, -0.15) is 0 Å². The van der Waals surface area contributed by atoms with Crippen LogP contribution in [-0.4, -0.2) is 79.4 Å². The van der Waals surface area contributed by atoms with Crippen molar-refractivity contribution in [3.63, 3.8) is 0 Å². The van der Waals surface area contributed by atoms with Gasteiger partial charge >= 0.3 is 0 Å². The lowest BCUT2D eigenvalue weighted by Crippen LogP contribution is -2.49. The first-order valence-corrected chi connectivity index (χ1v) is 15.9. The third kappa shape index (κ3) is 6.65. The van der Waals surface area contributed by atoms with E-state index in [1.807, 2.05) is 24.4 Å². The van der Waals surface area contributed by atoms with Crippen molar-refractivity contribution in [3.05, 3.63) is 95.3 Å². The monoisotopic (exact) mass is 671 g/mol. The molecule has 6 aromatic rings. The van der Waals surface area contributed by atoms with E-state index in [2.05, 4.69) is 30.2 Å². The smallest absolute Gasteiger partial charge is 0.291 e. The zero-order chi connectivity index (χ0) is 32.5. The highest BCUT2D eigenvalue weighted by atomic mass is 35.5. The number of aromatic amines is 1. The lowest BCUT2D eigenvalue weighted by atomic mass is 10.2. The summed E-state index contributed by atoms with van der Waals surface area (Å²) in [5.41, 5.74) is 3.97. The normalized spacial score (nSPS) is 13.7. The second-order valence-corrected chi connectivity index (χ2v) is 12.4. The Labute approximate surface area is 276 Å². The highest BCUT2D eigenvalue weighted by Crippen LogP contribution is 2.39. The number of aliphatic hydroxyl groups excluding tert-OH is 1. The number of hydrogen-bond acceptors (Lipinski definition) is 9. The number of halogens is 2. The summed E-state index contributed by atoms with van der Waals surface area (Å²) in [5.74, 6) is -0.903. The molecular formula is C33H27ClFN7O4S. The predicted octanol–water partition coefficient (Wildman–Crippen LogP) is 5.71. The summed E-state index contributed by atoms with van der Waals surface area (Å²) in [6, 6.07) is 16.8. The number of imidazole rings is 1. The van der Waals surface area contributed by atoms with Crippen LogP contribution in [0, 0.1) is 5.82 Å². The van der Waals surface area contributed by atoms with Crippen molar-refractivity contribution < 1.29 is 23.8 Å². The number of benzene rings is 2. The second-order valence-electron chi connectivity index (χ2n) is 10.9. The zero-order valence-electron chi connectivity index (χ0n) is 24.7. The first kappa shape index (κ1) is 30.7. The van der Waals surface area contributed by atoms with Gasteiger partial charge in [-0.05, 0) is 48.0 Å². The van der Waals surface area contributed by atoms with E-state index in [0.29, 0.717) is 47.0 Å². The summed E-state index contributed by atoms with van der Waals surface area (Å²) in [6.45, 7) is 2.90. The third-order valence-electron chi connectivity index (χ3n) is 7.79. The van der Waals surface area contributed by atoms with Crippen molar-refractivity contribution in [2.45, 2.75) is 6.54 Å². The number of H-pyrrole nitrogens is 1. The molecule has 1 aliphatic heterocycles. The van der Waals surface area contributed by atoms with Crippen LogP contribution < -0.4 is 10.1 Å². The third-order valence-corrected chi connectivity index (χ3v) is 9.18. The molecule has 5 heterocycles. The zero-order valence-corrected chi connectivity index (χ0v) is 26.3. The van der Waals surface area contributed by atoms with Crippen LogP contribution in [0.25, 0.3) is 31.8 Å². The van der Waals surface area contributed by atoms with Crippen LogP contribution in [0.3, 0.4) is 0 Å². The Morgan fingerprint density at radius 2 is 1.85 bits per heavy atom. The van der Waals surface area contributed by atoms with E-state index in [1.54, 1.807) is 41.4 Å². The number of amides is 2. The summed E-state index contributed by atoms with van der Waals surface area (Å²) in [5, 5.41) is 12.2. The fourth-order valence-corrected chi connectivity index (χ4v) is 6.57. The maximum absolute atomic E-state index is 15.2. The Morgan fingerprint density at radius 3 is 2.62 bits per heavy atom. The first-order valence-electron chi connectivity index (χ1n) is 14.7. The molecule has 0 aliphatic carbocycles. The number of aromatic nitrogens is 4. The van der Waals surface area contributed by atoms with Gasteiger partial charge in [0.1, 0.15) is 12.4 Å². The number of thiophene rings is 1. The minimum atomic E-state index is -0.653. The molecule has 0 unspecified atom stereocenters. The molecule has 0 radical (unpaired) electrons. The number of ether oxygens (including phenoxy) is 1. The van der Waals surface area contributed by atoms with Crippen LogP contribution >= 0.6 is 22.9 Å². The summed E-state index contributed by atoms with van der Waals surface area (Å²) in [6.07, 6.45) is 3.45. The summed E-state index contributed by atoms with van der Waals surface area (Å²) in [7, 11) is 0. The van der Waals surface area contributed by atoms with Crippen molar-refractivity contribution in [1.29, 1.82) is 0 Å². The van der Waals surface area contributed by atoms with Gasteiger partial charge in [-0.3, -0.25) is 24.5 Å². The Hall–Kier alpha value is -4.95. The number of fused-ring (bicyclic) bond motifs is 2. The fraction of sp³-hybridized carbons (Fsp3) is 0.182. The number of pyridine rings is 2. The Kier molecular flexibility index (Phi) is 8.52. The average Bonchev–Trinajstić information content (AvgIpc) is 3.71. The maximum atomic E-state index is 15.2. The van der Waals surface area contributed by atoms with Gasteiger partial charge in [0.2, 0.25) is 5.91 Å². The Bertz CT molecular complexity index is 2110. The van der Waals surface area contributed by atoms with Crippen LogP contribution in [0.2, 0.25) is 5.02 Å². The van der Waals surface area contributed by atoms with Gasteiger partial charge < -0.3 is 25.0 Å². The highest BCUT2D eigenvalue weighted by molar-refractivity contribution is 7.22. The van der Waals surface area contributed by atoms with Crippen LogP contribution in [0.1, 0.15) is 16.2 Å². The quantitative estimate of drug-likeness (QED) is 0.187. The minimum Gasteiger partial charge on any atom is -0.453 e. The molecule has 2 aromatic carbocycles. The van der Waals surface area contributed by atoms with E-state index in [0.717, 1.165) is 33.9 Å². The number of hydrogen-bond donors (Lipinski definition) is 3. The maximum Gasteiger partial charge on any atom is 0.291 e. The SMILES string of the molecule is O=C(Nc1ccc(Oc2ccnc3cc(-c4ccc(CN5CCN(C(=O)CO)CC5)cn4)sc23)c(F)c1)c1nc2ccc(Cl)cc2[nH]1. The van der Waals surface area contributed by atoms with E-state index in [1.165, 1.54) is 23.5 Å². The number of nitrogens with one attached hydrogen (secondary N) is 2. The molecule has 11 nitrogen and oxygen atoms in total. The van der Waals surface area contributed by atoms with Crippen LogP contribution in [0.15, 0.2) is 73.1 Å².